The molecule has 0 aromatic carbocycles. The summed E-state index contributed by atoms with van der Waals surface area (Å²) in [5, 5.41) is 2.81. The SMILES string of the molecule is CO[C@@H]1CC[C@H](N2CC[C@H](NC(=O)c3ccnc(C(C)(C)C)n3)C2=O)[C@@H](CS(C)(=O)=O)C1. The van der Waals surface area contributed by atoms with Crippen molar-refractivity contribution in [3.63, 3.8) is 0 Å². The second kappa shape index (κ2) is 9.43. The van der Waals surface area contributed by atoms with Crippen LogP contribution in [0.3, 0.4) is 0 Å². The number of amides is 2. The van der Waals surface area contributed by atoms with E-state index >= 15 is 0 Å². The molecule has 2 amide bonds. The largest absolute Gasteiger partial charge is 0.381 e. The first-order valence-electron chi connectivity index (χ1n) is 11.0. The van der Waals surface area contributed by atoms with Gasteiger partial charge in [-0.2, -0.15) is 0 Å². The maximum Gasteiger partial charge on any atom is 0.270 e. The Balaban J connectivity index is 1.70. The van der Waals surface area contributed by atoms with Crippen LogP contribution in [0.15, 0.2) is 12.3 Å². The van der Waals surface area contributed by atoms with E-state index in [-0.39, 0.29) is 40.8 Å². The molecule has 1 saturated carbocycles. The molecule has 2 heterocycles. The van der Waals surface area contributed by atoms with Gasteiger partial charge < -0.3 is 15.0 Å². The average Bonchev–Trinajstić information content (AvgIpc) is 3.06. The van der Waals surface area contributed by atoms with E-state index in [1.54, 1.807) is 18.2 Å². The summed E-state index contributed by atoms with van der Waals surface area (Å²) in [5.74, 6) is -0.174. The lowest BCUT2D eigenvalue weighted by Crippen LogP contribution is -2.50. The number of likely N-dealkylation sites (tertiary alicyclic amines) is 1. The van der Waals surface area contributed by atoms with Crippen molar-refractivity contribution in [2.24, 2.45) is 5.92 Å². The van der Waals surface area contributed by atoms with Gasteiger partial charge in [0.05, 0.1) is 11.9 Å². The van der Waals surface area contributed by atoms with E-state index in [0.29, 0.717) is 31.6 Å². The number of aromatic nitrogens is 2. The predicted octanol–water partition coefficient (Wildman–Crippen LogP) is 1.33. The van der Waals surface area contributed by atoms with Gasteiger partial charge in [0, 0.05) is 37.6 Å². The summed E-state index contributed by atoms with van der Waals surface area (Å²) < 4.78 is 29.4. The monoisotopic (exact) mass is 466 g/mol. The van der Waals surface area contributed by atoms with Gasteiger partial charge in [-0.3, -0.25) is 9.59 Å². The maximum absolute atomic E-state index is 13.2. The Morgan fingerprint density at radius 3 is 2.62 bits per heavy atom. The third kappa shape index (κ3) is 5.83. The number of hydrogen-bond acceptors (Lipinski definition) is 7. The van der Waals surface area contributed by atoms with Crippen LogP contribution in [0.2, 0.25) is 0 Å². The van der Waals surface area contributed by atoms with E-state index in [0.717, 1.165) is 6.42 Å². The average molecular weight is 467 g/mol. The number of carbonyl (C=O) groups excluding carboxylic acids is 2. The van der Waals surface area contributed by atoms with E-state index < -0.39 is 21.8 Å². The molecule has 1 saturated heterocycles. The van der Waals surface area contributed by atoms with Crippen LogP contribution in [0.4, 0.5) is 0 Å². The summed E-state index contributed by atoms with van der Waals surface area (Å²) in [6.45, 7) is 6.39. The standard InChI is InChI=1S/C22H34N4O5S/c1-22(2,3)21-23-10-8-16(25-21)19(27)24-17-9-11-26(20(17)28)18-7-6-15(31-4)12-14(18)13-32(5,29)30/h8,10,14-15,17-18H,6-7,9,11-13H2,1-5H3,(H,24,27)/t14-,15-,17+,18+/m1/s1. The van der Waals surface area contributed by atoms with E-state index in [2.05, 4.69) is 15.3 Å². The Kier molecular flexibility index (Phi) is 7.24. The Bertz CT molecular complexity index is 959. The van der Waals surface area contributed by atoms with Gasteiger partial charge in [-0.25, -0.2) is 18.4 Å². The molecule has 1 aromatic heterocycles. The minimum Gasteiger partial charge on any atom is -0.381 e. The lowest BCUT2D eigenvalue weighted by atomic mass is 9.83. The minimum absolute atomic E-state index is 0.000909. The molecule has 1 aliphatic carbocycles. The smallest absolute Gasteiger partial charge is 0.270 e. The fourth-order valence-electron chi connectivity index (χ4n) is 4.64. The quantitative estimate of drug-likeness (QED) is 0.672. The molecular formula is C22H34N4O5S. The molecule has 0 spiro atoms. The fraction of sp³-hybridized carbons (Fsp3) is 0.727. The second-order valence-corrected chi connectivity index (χ2v) is 12.1. The van der Waals surface area contributed by atoms with Crippen LogP contribution in [0, 0.1) is 5.92 Å². The van der Waals surface area contributed by atoms with E-state index in [9.17, 15) is 18.0 Å². The van der Waals surface area contributed by atoms with Gasteiger partial charge in [0.25, 0.3) is 5.91 Å². The number of nitrogens with zero attached hydrogens (tertiary/aromatic N) is 3. The third-order valence-corrected chi connectivity index (χ3v) is 7.28. The molecule has 1 aliphatic heterocycles. The molecule has 0 bridgehead atoms. The summed E-state index contributed by atoms with van der Waals surface area (Å²) in [7, 11) is -1.57. The van der Waals surface area contributed by atoms with E-state index in [1.807, 2.05) is 20.8 Å². The Labute approximate surface area is 190 Å². The zero-order chi connectivity index (χ0) is 23.7. The minimum atomic E-state index is -3.20. The first kappa shape index (κ1) is 24.6. The number of hydrogen-bond donors (Lipinski definition) is 1. The first-order chi connectivity index (χ1) is 14.9. The first-order valence-corrected chi connectivity index (χ1v) is 13.1. The van der Waals surface area contributed by atoms with Gasteiger partial charge in [0.1, 0.15) is 27.4 Å². The van der Waals surface area contributed by atoms with Gasteiger partial charge >= 0.3 is 0 Å². The molecule has 3 rings (SSSR count). The summed E-state index contributed by atoms with van der Waals surface area (Å²) in [5.41, 5.74) is -0.0712. The van der Waals surface area contributed by atoms with Crippen LogP contribution < -0.4 is 5.32 Å². The van der Waals surface area contributed by atoms with Crippen LogP contribution in [0.25, 0.3) is 0 Å². The van der Waals surface area contributed by atoms with Crippen molar-refractivity contribution in [1.82, 2.24) is 20.2 Å². The lowest BCUT2D eigenvalue weighted by molar-refractivity contribution is -0.133. The van der Waals surface area contributed by atoms with Crippen molar-refractivity contribution >= 4 is 21.7 Å². The van der Waals surface area contributed by atoms with Crippen molar-refractivity contribution in [2.45, 2.75) is 70.1 Å². The number of carbonyl (C=O) groups is 2. The van der Waals surface area contributed by atoms with Crippen LogP contribution in [0.5, 0.6) is 0 Å². The summed E-state index contributed by atoms with van der Waals surface area (Å²) in [4.78, 5) is 36.3. The van der Waals surface area contributed by atoms with Crippen LogP contribution in [0.1, 0.15) is 62.8 Å². The van der Waals surface area contributed by atoms with E-state index in [4.69, 9.17) is 4.74 Å². The van der Waals surface area contributed by atoms with Crippen molar-refractivity contribution < 1.29 is 22.7 Å². The number of ether oxygens (including phenoxy) is 1. The van der Waals surface area contributed by atoms with Gasteiger partial charge in [-0.05, 0) is 37.7 Å². The van der Waals surface area contributed by atoms with Crippen molar-refractivity contribution in [3.8, 4) is 0 Å². The van der Waals surface area contributed by atoms with Crippen molar-refractivity contribution in [1.29, 1.82) is 0 Å². The molecule has 178 valence electrons. The molecule has 0 unspecified atom stereocenters. The topological polar surface area (TPSA) is 119 Å². The molecule has 2 aliphatic rings. The van der Waals surface area contributed by atoms with Gasteiger partial charge in [0.2, 0.25) is 5.91 Å². The molecule has 2 fully saturated rings. The molecule has 32 heavy (non-hydrogen) atoms. The van der Waals surface area contributed by atoms with Crippen molar-refractivity contribution in [3.05, 3.63) is 23.8 Å². The Morgan fingerprint density at radius 1 is 1.28 bits per heavy atom. The molecule has 1 N–H and O–H groups in total. The number of sulfone groups is 1. The van der Waals surface area contributed by atoms with Gasteiger partial charge in [-0.15, -0.1) is 0 Å². The Hall–Kier alpha value is -2.07. The highest BCUT2D eigenvalue weighted by atomic mass is 32.2. The number of methoxy groups -OCH3 is 1. The highest BCUT2D eigenvalue weighted by Gasteiger charge is 2.43. The van der Waals surface area contributed by atoms with Gasteiger partial charge in [-0.1, -0.05) is 20.8 Å². The van der Waals surface area contributed by atoms with Crippen LogP contribution in [-0.4, -0.2) is 79.0 Å². The summed E-state index contributed by atoms with van der Waals surface area (Å²) in [6.07, 6.45) is 5.33. The molecular weight excluding hydrogens is 432 g/mol. The Morgan fingerprint density at radius 2 is 2.00 bits per heavy atom. The zero-order valence-electron chi connectivity index (χ0n) is 19.5. The van der Waals surface area contributed by atoms with Crippen LogP contribution >= 0.6 is 0 Å². The molecule has 4 atom stereocenters. The zero-order valence-corrected chi connectivity index (χ0v) is 20.3. The molecule has 10 heteroatoms. The maximum atomic E-state index is 13.2. The second-order valence-electron chi connectivity index (χ2n) is 9.95. The lowest BCUT2D eigenvalue weighted by Gasteiger charge is -2.40. The molecule has 9 nitrogen and oxygen atoms in total. The van der Waals surface area contributed by atoms with E-state index in [1.165, 1.54) is 12.3 Å². The highest BCUT2D eigenvalue weighted by molar-refractivity contribution is 7.90. The molecule has 1 aromatic rings. The number of rotatable bonds is 6. The highest BCUT2D eigenvalue weighted by Crippen LogP contribution is 2.33. The normalized spacial score (nSPS) is 26.9. The number of nitrogens with one attached hydrogen (secondary N) is 1. The predicted molar refractivity (Wildman–Crippen MR) is 120 cm³/mol. The fourth-order valence-corrected chi connectivity index (χ4v) is 5.78. The third-order valence-electron chi connectivity index (χ3n) is 6.25. The summed E-state index contributed by atoms with van der Waals surface area (Å²) >= 11 is 0. The molecule has 0 radical (unpaired) electrons. The van der Waals surface area contributed by atoms with Crippen LogP contribution in [-0.2, 0) is 24.8 Å². The van der Waals surface area contributed by atoms with Crippen molar-refractivity contribution in [2.75, 3.05) is 25.7 Å². The summed E-state index contributed by atoms with van der Waals surface area (Å²) in [6, 6.07) is 0.724. The van der Waals surface area contributed by atoms with Gasteiger partial charge in [0.15, 0.2) is 0 Å².